The number of ether oxygens (including phenoxy) is 1. The summed E-state index contributed by atoms with van der Waals surface area (Å²) in [6.07, 6.45) is 1.71. The lowest BCUT2D eigenvalue weighted by Gasteiger charge is -2.18. The normalized spacial score (nSPS) is 12.9. The van der Waals surface area contributed by atoms with E-state index in [9.17, 15) is 9.00 Å². The standard InChI is InChI=1S/C24H25N3O3S/c1-24(2,3)22(28)14-27-21-8-6-5-7-19(21)26-23(27)31(29)15-20-18-10-9-17(30-4)13-16(18)11-12-25-20/h5-13H,14-15H2,1-4H3. The molecule has 0 bridgehead atoms. The second-order valence-electron chi connectivity index (χ2n) is 8.48. The van der Waals surface area contributed by atoms with Crippen LogP contribution in [0.5, 0.6) is 5.75 Å². The van der Waals surface area contributed by atoms with Gasteiger partial charge in [0, 0.05) is 17.0 Å². The lowest BCUT2D eigenvalue weighted by Crippen LogP contribution is -2.26. The Morgan fingerprint density at radius 2 is 1.90 bits per heavy atom. The number of Topliss-reactive ketones (excluding diaryl/α,β-unsaturated/α-hetero) is 1. The van der Waals surface area contributed by atoms with Gasteiger partial charge in [0.1, 0.15) is 5.75 Å². The van der Waals surface area contributed by atoms with Crippen LogP contribution in [0.15, 0.2) is 59.9 Å². The van der Waals surface area contributed by atoms with Crippen LogP contribution in [0, 0.1) is 5.41 Å². The van der Waals surface area contributed by atoms with Gasteiger partial charge < -0.3 is 9.30 Å². The number of aromatic nitrogens is 3. The SMILES string of the molecule is COc1ccc2c(CS(=O)c3nc4ccccc4n3CC(=O)C(C)(C)C)nccc2c1. The van der Waals surface area contributed by atoms with Gasteiger partial charge in [0.2, 0.25) is 5.16 Å². The first-order valence-electron chi connectivity index (χ1n) is 10.1. The van der Waals surface area contributed by atoms with Crippen molar-refractivity contribution < 1.29 is 13.7 Å². The van der Waals surface area contributed by atoms with Crippen LogP contribution in [-0.4, -0.2) is 31.6 Å². The Balaban J connectivity index is 1.74. The maximum atomic E-state index is 13.5. The topological polar surface area (TPSA) is 74.1 Å². The summed E-state index contributed by atoms with van der Waals surface area (Å²) in [6, 6.07) is 15.2. The molecule has 2 aromatic carbocycles. The van der Waals surface area contributed by atoms with Crippen molar-refractivity contribution in [2.75, 3.05) is 7.11 Å². The lowest BCUT2D eigenvalue weighted by atomic mass is 9.91. The minimum Gasteiger partial charge on any atom is -0.497 e. The van der Waals surface area contributed by atoms with Gasteiger partial charge in [-0.05, 0) is 41.8 Å². The third kappa shape index (κ3) is 4.23. The number of benzene rings is 2. The third-order valence-electron chi connectivity index (χ3n) is 5.28. The highest BCUT2D eigenvalue weighted by atomic mass is 32.2. The summed E-state index contributed by atoms with van der Waals surface area (Å²) in [5, 5.41) is 2.29. The van der Waals surface area contributed by atoms with E-state index in [-0.39, 0.29) is 18.1 Å². The number of pyridine rings is 1. The van der Waals surface area contributed by atoms with Crippen LogP contribution >= 0.6 is 0 Å². The molecule has 0 spiro atoms. The molecule has 2 aromatic heterocycles. The fourth-order valence-electron chi connectivity index (χ4n) is 3.41. The van der Waals surface area contributed by atoms with Crippen LogP contribution in [0.25, 0.3) is 21.8 Å². The number of methoxy groups -OCH3 is 1. The van der Waals surface area contributed by atoms with Crippen LogP contribution in [0.1, 0.15) is 26.5 Å². The summed E-state index contributed by atoms with van der Waals surface area (Å²) in [7, 11) is 0.148. The zero-order valence-corrected chi connectivity index (χ0v) is 18.9. The van der Waals surface area contributed by atoms with E-state index < -0.39 is 16.2 Å². The van der Waals surface area contributed by atoms with E-state index in [1.165, 1.54) is 0 Å². The van der Waals surface area contributed by atoms with Crippen molar-refractivity contribution >= 4 is 38.4 Å². The van der Waals surface area contributed by atoms with Crippen LogP contribution in [-0.2, 0) is 27.9 Å². The van der Waals surface area contributed by atoms with Gasteiger partial charge in [0.25, 0.3) is 0 Å². The zero-order valence-electron chi connectivity index (χ0n) is 18.1. The lowest BCUT2D eigenvalue weighted by molar-refractivity contribution is -0.126. The fraction of sp³-hybridized carbons (Fsp3) is 0.292. The zero-order chi connectivity index (χ0) is 22.2. The number of para-hydroxylation sites is 2. The Kier molecular flexibility index (Phi) is 5.62. The van der Waals surface area contributed by atoms with Crippen molar-refractivity contribution in [3.8, 4) is 5.75 Å². The van der Waals surface area contributed by atoms with E-state index in [4.69, 9.17) is 4.74 Å². The summed E-state index contributed by atoms with van der Waals surface area (Å²) in [5.41, 5.74) is 1.75. The molecule has 0 aliphatic rings. The Labute approximate surface area is 183 Å². The van der Waals surface area contributed by atoms with Crippen LogP contribution in [0.4, 0.5) is 0 Å². The van der Waals surface area contributed by atoms with Gasteiger partial charge >= 0.3 is 0 Å². The molecule has 0 fully saturated rings. The largest absolute Gasteiger partial charge is 0.497 e. The molecular weight excluding hydrogens is 410 g/mol. The monoisotopic (exact) mass is 435 g/mol. The second-order valence-corrected chi connectivity index (χ2v) is 9.82. The number of fused-ring (bicyclic) bond motifs is 2. The van der Waals surface area contributed by atoms with E-state index in [0.29, 0.717) is 5.16 Å². The third-order valence-corrected chi connectivity index (χ3v) is 6.54. The van der Waals surface area contributed by atoms with Gasteiger partial charge in [0.05, 0.1) is 46.9 Å². The molecule has 2 heterocycles. The fourth-order valence-corrected chi connectivity index (χ4v) is 4.63. The van der Waals surface area contributed by atoms with E-state index in [1.807, 2.05) is 69.3 Å². The molecule has 4 aromatic rings. The van der Waals surface area contributed by atoms with Crippen molar-refractivity contribution in [1.82, 2.24) is 14.5 Å². The first-order valence-corrected chi connectivity index (χ1v) is 11.4. The van der Waals surface area contributed by atoms with Crippen molar-refractivity contribution in [2.45, 2.75) is 38.2 Å². The molecule has 0 saturated heterocycles. The first-order chi connectivity index (χ1) is 14.8. The molecule has 0 saturated carbocycles. The summed E-state index contributed by atoms with van der Waals surface area (Å²) in [5.74, 6) is 1.02. The van der Waals surface area contributed by atoms with Gasteiger partial charge in [-0.1, -0.05) is 32.9 Å². The molecule has 1 atom stereocenters. The van der Waals surface area contributed by atoms with E-state index in [0.717, 1.165) is 33.2 Å². The van der Waals surface area contributed by atoms with Crippen LogP contribution in [0.2, 0.25) is 0 Å². The number of ketones is 1. The molecule has 31 heavy (non-hydrogen) atoms. The highest BCUT2D eigenvalue weighted by Gasteiger charge is 2.25. The first kappa shape index (κ1) is 21.2. The molecule has 6 nitrogen and oxygen atoms in total. The summed E-state index contributed by atoms with van der Waals surface area (Å²) >= 11 is 0. The van der Waals surface area contributed by atoms with Crippen LogP contribution in [0.3, 0.4) is 0 Å². The minimum atomic E-state index is -1.48. The Bertz CT molecular complexity index is 1300. The molecule has 160 valence electrons. The molecular formula is C24H25N3O3S. The van der Waals surface area contributed by atoms with E-state index in [2.05, 4.69) is 9.97 Å². The van der Waals surface area contributed by atoms with Gasteiger partial charge in [0.15, 0.2) is 5.78 Å². The molecule has 4 rings (SSSR count). The predicted molar refractivity (Wildman–Crippen MR) is 123 cm³/mol. The predicted octanol–water partition coefficient (Wildman–Crippen LogP) is 4.52. The maximum Gasteiger partial charge on any atom is 0.200 e. The molecule has 0 aliphatic carbocycles. The number of nitrogens with zero attached hydrogens (tertiary/aromatic N) is 3. The van der Waals surface area contributed by atoms with E-state index in [1.54, 1.807) is 17.9 Å². The van der Waals surface area contributed by atoms with E-state index >= 15 is 0 Å². The molecule has 1 unspecified atom stereocenters. The molecule has 0 amide bonds. The molecule has 7 heteroatoms. The molecule has 0 radical (unpaired) electrons. The molecule has 0 aliphatic heterocycles. The number of rotatable bonds is 6. The number of imidazole rings is 1. The van der Waals surface area contributed by atoms with Gasteiger partial charge in [-0.2, -0.15) is 0 Å². The number of hydrogen-bond donors (Lipinski definition) is 0. The summed E-state index contributed by atoms with van der Waals surface area (Å²) < 4.78 is 20.5. The summed E-state index contributed by atoms with van der Waals surface area (Å²) in [6.45, 7) is 5.80. The maximum absolute atomic E-state index is 13.5. The quantitative estimate of drug-likeness (QED) is 0.445. The minimum absolute atomic E-state index is 0.0595. The summed E-state index contributed by atoms with van der Waals surface area (Å²) in [4.78, 5) is 21.9. The highest BCUT2D eigenvalue weighted by molar-refractivity contribution is 7.84. The van der Waals surface area contributed by atoms with Crippen molar-refractivity contribution in [3.05, 3.63) is 60.4 Å². The molecule has 0 N–H and O–H groups in total. The highest BCUT2D eigenvalue weighted by Crippen LogP contribution is 2.26. The van der Waals surface area contributed by atoms with Gasteiger partial charge in [-0.15, -0.1) is 0 Å². The second kappa shape index (κ2) is 8.23. The Morgan fingerprint density at radius 1 is 1.13 bits per heavy atom. The Morgan fingerprint density at radius 3 is 2.65 bits per heavy atom. The van der Waals surface area contributed by atoms with Crippen LogP contribution < -0.4 is 4.74 Å². The number of carbonyl (C=O) groups excluding carboxylic acids is 1. The average molecular weight is 436 g/mol. The smallest absolute Gasteiger partial charge is 0.200 e. The van der Waals surface area contributed by atoms with Crippen molar-refractivity contribution in [2.24, 2.45) is 5.41 Å². The van der Waals surface area contributed by atoms with Crippen molar-refractivity contribution in [1.29, 1.82) is 0 Å². The van der Waals surface area contributed by atoms with Crippen molar-refractivity contribution in [3.63, 3.8) is 0 Å². The van der Waals surface area contributed by atoms with Gasteiger partial charge in [-0.3, -0.25) is 14.0 Å². The van der Waals surface area contributed by atoms with Gasteiger partial charge in [-0.25, -0.2) is 4.98 Å². The average Bonchev–Trinajstić information content (AvgIpc) is 3.11. The number of carbonyl (C=O) groups is 1. The Hall–Kier alpha value is -3.06. The number of hydrogen-bond acceptors (Lipinski definition) is 5.